The summed E-state index contributed by atoms with van der Waals surface area (Å²) in [6.07, 6.45) is 57.9. The molecule has 0 heterocycles. The molecule has 0 aromatic carbocycles. The summed E-state index contributed by atoms with van der Waals surface area (Å²) in [5, 5.41) is 9.62. The summed E-state index contributed by atoms with van der Waals surface area (Å²) in [6.45, 7) is 5.26. The second-order valence-electron chi connectivity index (χ2n) is 15.5. The Kier molecular flexibility index (Phi) is 44.5. The number of aliphatic hydroxyl groups is 1. The molecule has 0 spiro atoms. The quantitative estimate of drug-likeness (QED) is 0.0385. The van der Waals surface area contributed by atoms with Gasteiger partial charge in [0, 0.05) is 13.0 Å². The van der Waals surface area contributed by atoms with Gasteiger partial charge in [-0.2, -0.15) is 0 Å². The molecule has 52 heavy (non-hydrogen) atoms. The molecule has 0 radical (unpaired) electrons. The predicted octanol–water partition coefficient (Wildman–Crippen LogP) is 15.3. The molecule has 0 aromatic rings. The minimum Gasteiger partial charge on any atom is -0.457 e. The van der Waals surface area contributed by atoms with Crippen molar-refractivity contribution < 1.29 is 19.4 Å². The van der Waals surface area contributed by atoms with Gasteiger partial charge in [-0.25, -0.2) is 0 Å². The molecule has 0 aliphatic heterocycles. The predicted molar refractivity (Wildman–Crippen MR) is 228 cm³/mol. The Labute approximate surface area is 325 Å². The van der Waals surface area contributed by atoms with Gasteiger partial charge in [0.25, 0.3) is 0 Å². The lowest BCUT2D eigenvalue weighted by molar-refractivity contribution is -0.154. The van der Waals surface area contributed by atoms with Gasteiger partial charge in [0.05, 0.1) is 13.2 Å². The summed E-state index contributed by atoms with van der Waals surface area (Å²) >= 11 is 0. The van der Waals surface area contributed by atoms with E-state index in [2.05, 4.69) is 50.3 Å². The lowest BCUT2D eigenvalue weighted by atomic mass is 10.0. The van der Waals surface area contributed by atoms with Gasteiger partial charge in [0.15, 0.2) is 0 Å². The molecule has 0 saturated heterocycles. The molecule has 0 rings (SSSR count). The number of allylic oxidation sites excluding steroid dienone is 6. The van der Waals surface area contributed by atoms with Crippen LogP contribution in [0.25, 0.3) is 0 Å². The SMILES string of the molecule is CC/C=C\C/C=C\C/C=C\CCCCCCCCCCOCC(CO)OC(=O)CCCCCCCCCCCCCCCCCCCCCCCC. The molecule has 1 unspecified atom stereocenters. The third-order valence-corrected chi connectivity index (χ3v) is 10.2. The minimum atomic E-state index is -0.536. The highest BCUT2D eigenvalue weighted by Gasteiger charge is 2.13. The van der Waals surface area contributed by atoms with Crippen molar-refractivity contribution in [3.8, 4) is 0 Å². The zero-order valence-electron chi connectivity index (χ0n) is 35.1. The molecule has 4 nitrogen and oxygen atoms in total. The number of esters is 1. The normalized spacial score (nSPS) is 12.6. The van der Waals surface area contributed by atoms with E-state index < -0.39 is 6.10 Å². The van der Waals surface area contributed by atoms with Crippen molar-refractivity contribution in [2.45, 2.75) is 245 Å². The maximum Gasteiger partial charge on any atom is 0.306 e. The fraction of sp³-hybridized carbons (Fsp3) is 0.854. The van der Waals surface area contributed by atoms with Crippen molar-refractivity contribution >= 4 is 5.97 Å². The van der Waals surface area contributed by atoms with Crippen molar-refractivity contribution in [3.63, 3.8) is 0 Å². The van der Waals surface area contributed by atoms with Crippen molar-refractivity contribution in [3.05, 3.63) is 36.5 Å². The maximum atomic E-state index is 12.2. The second kappa shape index (κ2) is 45.8. The fourth-order valence-corrected chi connectivity index (χ4v) is 6.82. The molecule has 0 bridgehead atoms. The van der Waals surface area contributed by atoms with Crippen LogP contribution < -0.4 is 0 Å². The van der Waals surface area contributed by atoms with Gasteiger partial charge in [-0.15, -0.1) is 0 Å². The Bertz CT molecular complexity index is 772. The Morgan fingerprint density at radius 2 is 0.865 bits per heavy atom. The molecule has 0 fully saturated rings. The van der Waals surface area contributed by atoms with Crippen molar-refractivity contribution in [1.29, 1.82) is 0 Å². The standard InChI is InChI=1S/C48H90O4/c1-3-5-7-9-11-13-15-17-19-21-23-24-25-26-27-29-31-33-35-37-39-41-43-48(50)52-47(45-49)46-51-44-42-40-38-36-34-32-30-28-22-20-18-16-14-12-10-8-6-4-2/h6,8,12,14,18,20,47,49H,3-5,7,9-11,13,15-17,19,21-46H2,1-2H3/b8-6-,14-12-,20-18-. The van der Waals surface area contributed by atoms with Gasteiger partial charge in [-0.3, -0.25) is 4.79 Å². The van der Waals surface area contributed by atoms with Crippen molar-refractivity contribution in [1.82, 2.24) is 0 Å². The van der Waals surface area contributed by atoms with E-state index in [0.29, 0.717) is 19.6 Å². The molecule has 4 heteroatoms. The van der Waals surface area contributed by atoms with E-state index in [9.17, 15) is 9.90 Å². The van der Waals surface area contributed by atoms with Crippen molar-refractivity contribution in [2.75, 3.05) is 19.8 Å². The zero-order valence-corrected chi connectivity index (χ0v) is 35.1. The third kappa shape index (κ3) is 43.0. The van der Waals surface area contributed by atoms with E-state index in [1.807, 2.05) is 0 Å². The zero-order chi connectivity index (χ0) is 37.7. The fourth-order valence-electron chi connectivity index (χ4n) is 6.82. The summed E-state index contributed by atoms with van der Waals surface area (Å²) in [5.74, 6) is -0.199. The van der Waals surface area contributed by atoms with Gasteiger partial charge >= 0.3 is 5.97 Å². The van der Waals surface area contributed by atoms with Crippen LogP contribution in [0.4, 0.5) is 0 Å². The van der Waals surface area contributed by atoms with Crippen LogP contribution in [-0.4, -0.2) is 37.0 Å². The molecule has 0 aliphatic rings. The molecule has 1 N–H and O–H groups in total. The smallest absolute Gasteiger partial charge is 0.306 e. The topological polar surface area (TPSA) is 55.8 Å². The summed E-state index contributed by atoms with van der Waals surface area (Å²) < 4.78 is 11.2. The molecule has 306 valence electrons. The largest absolute Gasteiger partial charge is 0.457 e. The first-order valence-corrected chi connectivity index (χ1v) is 23.1. The summed E-state index contributed by atoms with van der Waals surface area (Å²) in [5.41, 5.74) is 0. The summed E-state index contributed by atoms with van der Waals surface area (Å²) in [4.78, 5) is 12.2. The number of unbranched alkanes of at least 4 members (excludes halogenated alkanes) is 29. The van der Waals surface area contributed by atoms with Crippen LogP contribution >= 0.6 is 0 Å². The third-order valence-electron chi connectivity index (χ3n) is 10.2. The Morgan fingerprint density at radius 1 is 0.481 bits per heavy atom. The molecule has 0 aliphatic carbocycles. The van der Waals surface area contributed by atoms with E-state index in [1.54, 1.807) is 0 Å². The van der Waals surface area contributed by atoms with E-state index in [-0.39, 0.29) is 12.6 Å². The molecular formula is C48H90O4. The van der Waals surface area contributed by atoms with Gasteiger partial charge in [-0.1, -0.05) is 224 Å². The molecule has 0 saturated carbocycles. The average molecular weight is 731 g/mol. The van der Waals surface area contributed by atoms with Gasteiger partial charge < -0.3 is 14.6 Å². The van der Waals surface area contributed by atoms with Crippen LogP contribution in [0, 0.1) is 0 Å². The lowest BCUT2D eigenvalue weighted by Crippen LogP contribution is -2.27. The van der Waals surface area contributed by atoms with E-state index in [0.717, 1.165) is 38.5 Å². The Morgan fingerprint density at radius 3 is 1.31 bits per heavy atom. The van der Waals surface area contributed by atoms with Crippen LogP contribution in [-0.2, 0) is 14.3 Å². The van der Waals surface area contributed by atoms with Gasteiger partial charge in [0.2, 0.25) is 0 Å². The van der Waals surface area contributed by atoms with Crippen LogP contribution in [0.5, 0.6) is 0 Å². The Balaban J connectivity index is 3.39. The number of hydrogen-bond donors (Lipinski definition) is 1. The summed E-state index contributed by atoms with van der Waals surface area (Å²) in [6, 6.07) is 0. The number of ether oxygens (including phenoxy) is 2. The average Bonchev–Trinajstić information content (AvgIpc) is 3.15. The second-order valence-corrected chi connectivity index (χ2v) is 15.5. The van der Waals surface area contributed by atoms with Crippen LogP contribution in [0.2, 0.25) is 0 Å². The molecule has 0 aromatic heterocycles. The number of aliphatic hydroxyl groups excluding tert-OH is 1. The molecule has 1 atom stereocenters. The van der Waals surface area contributed by atoms with E-state index >= 15 is 0 Å². The lowest BCUT2D eigenvalue weighted by Gasteiger charge is -2.16. The molecule has 0 amide bonds. The summed E-state index contributed by atoms with van der Waals surface area (Å²) in [7, 11) is 0. The first-order valence-electron chi connectivity index (χ1n) is 23.1. The van der Waals surface area contributed by atoms with Crippen LogP contribution in [0.15, 0.2) is 36.5 Å². The van der Waals surface area contributed by atoms with Crippen LogP contribution in [0.3, 0.4) is 0 Å². The molecular weight excluding hydrogens is 641 g/mol. The number of rotatable bonds is 43. The minimum absolute atomic E-state index is 0.172. The number of hydrogen-bond acceptors (Lipinski definition) is 4. The van der Waals surface area contributed by atoms with Crippen LogP contribution in [0.1, 0.15) is 239 Å². The van der Waals surface area contributed by atoms with E-state index in [4.69, 9.17) is 9.47 Å². The van der Waals surface area contributed by atoms with Gasteiger partial charge in [-0.05, 0) is 44.9 Å². The van der Waals surface area contributed by atoms with Crippen molar-refractivity contribution in [2.24, 2.45) is 0 Å². The first-order chi connectivity index (χ1) is 25.7. The number of carbonyl (C=O) groups is 1. The maximum absolute atomic E-state index is 12.2. The number of carbonyl (C=O) groups excluding carboxylic acids is 1. The highest BCUT2D eigenvalue weighted by atomic mass is 16.6. The first kappa shape index (κ1) is 50.6. The highest BCUT2D eigenvalue weighted by Crippen LogP contribution is 2.16. The monoisotopic (exact) mass is 731 g/mol. The highest BCUT2D eigenvalue weighted by molar-refractivity contribution is 5.69. The van der Waals surface area contributed by atoms with E-state index in [1.165, 1.54) is 180 Å². The van der Waals surface area contributed by atoms with Gasteiger partial charge in [0.1, 0.15) is 6.10 Å². The Hall–Kier alpha value is -1.39.